The molecule has 2 rings (SSSR count). The molecule has 6 nitrogen and oxygen atoms in total. The minimum absolute atomic E-state index is 0.0385. The summed E-state index contributed by atoms with van der Waals surface area (Å²) in [6.45, 7) is 0. The predicted octanol–water partition coefficient (Wildman–Crippen LogP) is 0.742. The first kappa shape index (κ1) is 11.8. The lowest BCUT2D eigenvalue weighted by atomic mass is 10.2. The van der Waals surface area contributed by atoms with E-state index in [0.717, 1.165) is 0 Å². The molecular weight excluding hydrogens is 234 g/mol. The number of aromatic nitrogens is 1. The highest BCUT2D eigenvalue weighted by atomic mass is 16.3. The Bertz CT molecular complexity index is 626. The molecule has 2 aromatic heterocycles. The van der Waals surface area contributed by atoms with Gasteiger partial charge < -0.3 is 8.98 Å². The van der Waals surface area contributed by atoms with E-state index in [1.165, 1.54) is 23.1 Å². The summed E-state index contributed by atoms with van der Waals surface area (Å²) in [4.78, 5) is 23.3. The molecule has 92 valence electrons. The number of furan rings is 1. The Morgan fingerprint density at radius 1 is 1.44 bits per heavy atom. The van der Waals surface area contributed by atoms with E-state index in [-0.39, 0.29) is 11.1 Å². The zero-order valence-electron chi connectivity index (χ0n) is 9.66. The Morgan fingerprint density at radius 2 is 2.28 bits per heavy atom. The first-order valence-corrected chi connectivity index (χ1v) is 5.21. The Hall–Kier alpha value is -2.63. The summed E-state index contributed by atoms with van der Waals surface area (Å²) in [5.41, 5.74) is 1.93. The van der Waals surface area contributed by atoms with Gasteiger partial charge in [-0.2, -0.15) is 5.10 Å². The van der Waals surface area contributed by atoms with Crippen LogP contribution in [0.5, 0.6) is 0 Å². The molecule has 0 aromatic carbocycles. The van der Waals surface area contributed by atoms with Crippen molar-refractivity contribution in [2.24, 2.45) is 12.1 Å². The zero-order chi connectivity index (χ0) is 13.0. The molecule has 6 heteroatoms. The minimum atomic E-state index is -0.556. The SMILES string of the molecule is Cn1cccc(C(=O)N/N=C\c2ccco2)c1=O. The molecule has 0 aliphatic carbocycles. The second kappa shape index (κ2) is 5.13. The molecule has 0 unspecified atom stereocenters. The van der Waals surface area contributed by atoms with E-state index >= 15 is 0 Å². The molecule has 0 spiro atoms. The summed E-state index contributed by atoms with van der Waals surface area (Å²) < 4.78 is 6.32. The standard InChI is InChI=1S/C12H11N3O3/c1-15-6-2-5-10(12(15)17)11(16)14-13-8-9-4-3-7-18-9/h2-8H,1H3,(H,14,16)/b13-8-. The lowest BCUT2D eigenvalue weighted by Crippen LogP contribution is -2.29. The normalized spacial score (nSPS) is 10.7. The average Bonchev–Trinajstić information content (AvgIpc) is 2.85. The maximum Gasteiger partial charge on any atom is 0.276 e. The third-order valence-electron chi connectivity index (χ3n) is 2.27. The largest absolute Gasteiger partial charge is 0.463 e. The molecule has 0 saturated carbocycles. The molecule has 0 bridgehead atoms. The fourth-order valence-corrected chi connectivity index (χ4v) is 1.35. The van der Waals surface area contributed by atoms with Crippen molar-refractivity contribution < 1.29 is 9.21 Å². The maximum absolute atomic E-state index is 11.7. The summed E-state index contributed by atoms with van der Waals surface area (Å²) >= 11 is 0. The van der Waals surface area contributed by atoms with Gasteiger partial charge in [-0.25, -0.2) is 5.43 Å². The molecule has 2 heterocycles. The Kier molecular flexibility index (Phi) is 3.38. The van der Waals surface area contributed by atoms with Crippen LogP contribution in [-0.2, 0) is 7.05 Å². The van der Waals surface area contributed by atoms with Crippen LogP contribution in [0.15, 0.2) is 51.0 Å². The lowest BCUT2D eigenvalue weighted by molar-refractivity contribution is 0.0953. The number of aryl methyl sites for hydroxylation is 1. The Labute approximate surface area is 103 Å². The highest BCUT2D eigenvalue weighted by molar-refractivity contribution is 5.94. The van der Waals surface area contributed by atoms with Crippen LogP contribution in [0.3, 0.4) is 0 Å². The molecule has 0 aliphatic heterocycles. The molecule has 0 saturated heterocycles. The fraction of sp³-hybridized carbons (Fsp3) is 0.0833. The summed E-state index contributed by atoms with van der Waals surface area (Å²) in [6.07, 6.45) is 4.42. The van der Waals surface area contributed by atoms with Gasteiger partial charge in [0.1, 0.15) is 11.3 Å². The van der Waals surface area contributed by atoms with Crippen molar-refractivity contribution in [2.45, 2.75) is 0 Å². The van der Waals surface area contributed by atoms with Gasteiger partial charge in [-0.1, -0.05) is 0 Å². The second-order valence-corrected chi connectivity index (χ2v) is 3.55. The van der Waals surface area contributed by atoms with Crippen molar-refractivity contribution in [3.05, 3.63) is 58.4 Å². The molecule has 18 heavy (non-hydrogen) atoms. The number of hydrazone groups is 1. The fourth-order valence-electron chi connectivity index (χ4n) is 1.35. The summed E-state index contributed by atoms with van der Waals surface area (Å²) in [7, 11) is 1.57. The van der Waals surface area contributed by atoms with Gasteiger partial charge in [0.15, 0.2) is 0 Å². The highest BCUT2D eigenvalue weighted by Crippen LogP contribution is 1.95. The van der Waals surface area contributed by atoms with E-state index in [9.17, 15) is 9.59 Å². The number of hydrogen-bond donors (Lipinski definition) is 1. The molecule has 0 radical (unpaired) electrons. The van der Waals surface area contributed by atoms with Crippen molar-refractivity contribution in [2.75, 3.05) is 0 Å². The van der Waals surface area contributed by atoms with Gasteiger partial charge in [0, 0.05) is 13.2 Å². The van der Waals surface area contributed by atoms with Crippen molar-refractivity contribution in [3.8, 4) is 0 Å². The van der Waals surface area contributed by atoms with Crippen LogP contribution >= 0.6 is 0 Å². The summed E-state index contributed by atoms with van der Waals surface area (Å²) in [5.74, 6) is -0.0460. The third kappa shape index (κ3) is 2.54. The number of hydrogen-bond acceptors (Lipinski definition) is 4. The number of pyridine rings is 1. The molecule has 1 amide bonds. The van der Waals surface area contributed by atoms with Gasteiger partial charge in [-0.3, -0.25) is 9.59 Å². The van der Waals surface area contributed by atoms with Crippen LogP contribution in [0.2, 0.25) is 0 Å². The number of rotatable bonds is 3. The highest BCUT2D eigenvalue weighted by Gasteiger charge is 2.09. The zero-order valence-corrected chi connectivity index (χ0v) is 9.66. The van der Waals surface area contributed by atoms with E-state index in [0.29, 0.717) is 5.76 Å². The third-order valence-corrected chi connectivity index (χ3v) is 2.27. The van der Waals surface area contributed by atoms with Crippen molar-refractivity contribution >= 4 is 12.1 Å². The monoisotopic (exact) mass is 245 g/mol. The van der Waals surface area contributed by atoms with Crippen LogP contribution in [0.25, 0.3) is 0 Å². The first-order valence-electron chi connectivity index (χ1n) is 5.21. The smallest absolute Gasteiger partial charge is 0.276 e. The van der Waals surface area contributed by atoms with E-state index < -0.39 is 5.91 Å². The number of nitrogens with zero attached hydrogens (tertiary/aromatic N) is 2. The minimum Gasteiger partial charge on any atom is -0.463 e. The number of nitrogens with one attached hydrogen (secondary N) is 1. The van der Waals surface area contributed by atoms with Crippen molar-refractivity contribution in [1.82, 2.24) is 9.99 Å². The maximum atomic E-state index is 11.7. The van der Waals surface area contributed by atoms with E-state index in [1.807, 2.05) is 0 Å². The van der Waals surface area contributed by atoms with Crippen LogP contribution in [0.4, 0.5) is 0 Å². The van der Waals surface area contributed by atoms with Gasteiger partial charge in [-0.05, 0) is 24.3 Å². The van der Waals surface area contributed by atoms with Crippen molar-refractivity contribution in [3.63, 3.8) is 0 Å². The van der Waals surface area contributed by atoms with Gasteiger partial charge in [0.05, 0.1) is 12.5 Å². The summed E-state index contributed by atoms with van der Waals surface area (Å²) in [6, 6.07) is 6.46. The predicted molar refractivity (Wildman–Crippen MR) is 65.5 cm³/mol. The summed E-state index contributed by atoms with van der Waals surface area (Å²) in [5, 5.41) is 3.69. The second-order valence-electron chi connectivity index (χ2n) is 3.55. The molecule has 2 aromatic rings. The number of carbonyl (C=O) groups is 1. The van der Waals surface area contributed by atoms with Gasteiger partial charge >= 0.3 is 0 Å². The molecule has 1 N–H and O–H groups in total. The quantitative estimate of drug-likeness (QED) is 0.640. The first-order chi connectivity index (χ1) is 8.68. The van der Waals surface area contributed by atoms with Gasteiger partial charge in [-0.15, -0.1) is 0 Å². The Morgan fingerprint density at radius 3 is 3.00 bits per heavy atom. The molecular formula is C12H11N3O3. The van der Waals surface area contributed by atoms with Gasteiger partial charge in [0.25, 0.3) is 11.5 Å². The molecule has 0 atom stereocenters. The van der Waals surface area contributed by atoms with Gasteiger partial charge in [0.2, 0.25) is 0 Å². The van der Waals surface area contributed by atoms with E-state index in [4.69, 9.17) is 4.42 Å². The molecule has 0 fully saturated rings. The number of carbonyl (C=O) groups excluding carboxylic acids is 1. The van der Waals surface area contributed by atoms with E-state index in [1.54, 1.807) is 31.4 Å². The average molecular weight is 245 g/mol. The van der Waals surface area contributed by atoms with Crippen LogP contribution in [-0.4, -0.2) is 16.7 Å². The molecule has 0 aliphatic rings. The van der Waals surface area contributed by atoms with Crippen molar-refractivity contribution in [1.29, 1.82) is 0 Å². The number of amides is 1. The lowest BCUT2D eigenvalue weighted by Gasteiger charge is -2.01. The van der Waals surface area contributed by atoms with Crippen LogP contribution < -0.4 is 11.0 Å². The van der Waals surface area contributed by atoms with Crippen LogP contribution in [0, 0.1) is 0 Å². The Balaban J connectivity index is 2.09. The van der Waals surface area contributed by atoms with Crippen LogP contribution in [0.1, 0.15) is 16.1 Å². The topological polar surface area (TPSA) is 76.6 Å². The van der Waals surface area contributed by atoms with E-state index in [2.05, 4.69) is 10.5 Å².